The zero-order valence-corrected chi connectivity index (χ0v) is 12.7. The molecule has 5 nitrogen and oxygen atoms in total. The number of rotatable bonds is 11. The molecule has 5 heteroatoms. The maximum Gasteiger partial charge on any atom is 0.102 e. The third-order valence-electron chi connectivity index (χ3n) is 2.86. The van der Waals surface area contributed by atoms with E-state index in [1.165, 1.54) is 0 Å². The molecule has 0 rings (SSSR count). The van der Waals surface area contributed by atoms with Crippen molar-refractivity contribution in [1.29, 1.82) is 0 Å². The van der Waals surface area contributed by atoms with E-state index in [9.17, 15) is 4.91 Å². The summed E-state index contributed by atoms with van der Waals surface area (Å²) in [5.74, 6) is 0. The van der Waals surface area contributed by atoms with E-state index in [0.29, 0.717) is 0 Å². The highest BCUT2D eigenvalue weighted by Crippen LogP contribution is 2.00. The summed E-state index contributed by atoms with van der Waals surface area (Å²) >= 11 is 0. The van der Waals surface area contributed by atoms with Crippen LogP contribution in [0.25, 0.3) is 0 Å². The normalized spacial score (nSPS) is 13.6. The summed E-state index contributed by atoms with van der Waals surface area (Å²) in [7, 11) is 8.36. The fraction of sp³-hybridized carbons (Fsp3) is 1.00. The van der Waals surface area contributed by atoms with Gasteiger partial charge in [0, 0.05) is 6.54 Å². The van der Waals surface area contributed by atoms with Crippen molar-refractivity contribution in [2.24, 2.45) is 5.18 Å². The van der Waals surface area contributed by atoms with Gasteiger partial charge in [0.1, 0.15) is 6.04 Å². The molecule has 0 bridgehead atoms. The SMILES string of the molecule is CC(CN(CCCN(C)C)CCCN(C)C)N=O. The van der Waals surface area contributed by atoms with Crippen molar-refractivity contribution in [3.8, 4) is 0 Å². The van der Waals surface area contributed by atoms with Crippen LogP contribution in [-0.4, -0.2) is 81.7 Å². The van der Waals surface area contributed by atoms with Crippen LogP contribution in [0.5, 0.6) is 0 Å². The maximum atomic E-state index is 10.5. The molecule has 0 aliphatic heterocycles. The first-order chi connectivity index (χ1) is 8.45. The van der Waals surface area contributed by atoms with E-state index in [-0.39, 0.29) is 6.04 Å². The van der Waals surface area contributed by atoms with E-state index >= 15 is 0 Å². The number of hydrogen-bond acceptors (Lipinski definition) is 5. The lowest BCUT2D eigenvalue weighted by molar-refractivity contribution is 0.232. The van der Waals surface area contributed by atoms with Crippen LogP contribution in [0.3, 0.4) is 0 Å². The van der Waals surface area contributed by atoms with E-state index in [0.717, 1.165) is 45.6 Å². The molecule has 0 radical (unpaired) electrons. The third-order valence-corrected chi connectivity index (χ3v) is 2.86. The van der Waals surface area contributed by atoms with Crippen molar-refractivity contribution >= 4 is 0 Å². The summed E-state index contributed by atoms with van der Waals surface area (Å²) < 4.78 is 0. The van der Waals surface area contributed by atoms with Gasteiger partial charge in [0.2, 0.25) is 0 Å². The predicted molar refractivity (Wildman–Crippen MR) is 78.0 cm³/mol. The molecule has 0 saturated heterocycles. The molecule has 0 spiro atoms. The Balaban J connectivity index is 3.95. The van der Waals surface area contributed by atoms with Crippen LogP contribution >= 0.6 is 0 Å². The Bertz CT molecular complexity index is 195. The Hall–Kier alpha value is -0.520. The fourth-order valence-electron chi connectivity index (χ4n) is 1.92. The molecule has 1 unspecified atom stereocenters. The van der Waals surface area contributed by atoms with Crippen LogP contribution in [-0.2, 0) is 0 Å². The fourth-order valence-corrected chi connectivity index (χ4v) is 1.92. The maximum absolute atomic E-state index is 10.5. The summed E-state index contributed by atoms with van der Waals surface area (Å²) in [6.45, 7) is 6.94. The van der Waals surface area contributed by atoms with Gasteiger partial charge in [-0.1, -0.05) is 5.18 Å². The molecule has 108 valence electrons. The van der Waals surface area contributed by atoms with Crippen molar-refractivity contribution in [2.45, 2.75) is 25.8 Å². The van der Waals surface area contributed by atoms with Crippen LogP contribution in [0.2, 0.25) is 0 Å². The highest BCUT2D eigenvalue weighted by atomic mass is 16.3. The molecular formula is C13H30N4O. The van der Waals surface area contributed by atoms with Gasteiger partial charge in [-0.3, -0.25) is 0 Å². The van der Waals surface area contributed by atoms with Crippen molar-refractivity contribution in [1.82, 2.24) is 14.7 Å². The van der Waals surface area contributed by atoms with Crippen molar-refractivity contribution in [3.05, 3.63) is 4.91 Å². The lowest BCUT2D eigenvalue weighted by Gasteiger charge is -2.24. The monoisotopic (exact) mass is 258 g/mol. The standard InChI is InChI=1S/C13H30N4O/c1-13(14-18)12-17(10-6-8-15(2)3)11-7-9-16(4)5/h13H,6-12H2,1-5H3. The topological polar surface area (TPSA) is 39.1 Å². The highest BCUT2D eigenvalue weighted by molar-refractivity contribution is 4.68. The van der Waals surface area contributed by atoms with Crippen LogP contribution in [0, 0.1) is 4.91 Å². The van der Waals surface area contributed by atoms with Gasteiger partial charge < -0.3 is 14.7 Å². The molecule has 0 aromatic carbocycles. The highest BCUT2D eigenvalue weighted by Gasteiger charge is 2.10. The minimum Gasteiger partial charge on any atom is -0.309 e. The zero-order chi connectivity index (χ0) is 14.0. The van der Waals surface area contributed by atoms with Crippen molar-refractivity contribution in [2.75, 3.05) is 60.9 Å². The Kier molecular flexibility index (Phi) is 10.1. The summed E-state index contributed by atoms with van der Waals surface area (Å²) in [5, 5.41) is 3.10. The molecule has 0 aliphatic carbocycles. The molecule has 0 heterocycles. The van der Waals surface area contributed by atoms with Gasteiger partial charge in [-0.25, -0.2) is 0 Å². The largest absolute Gasteiger partial charge is 0.309 e. The van der Waals surface area contributed by atoms with E-state index < -0.39 is 0 Å². The Morgan fingerprint density at radius 1 is 0.889 bits per heavy atom. The minimum absolute atomic E-state index is 0.108. The van der Waals surface area contributed by atoms with Crippen LogP contribution in [0.1, 0.15) is 19.8 Å². The smallest absolute Gasteiger partial charge is 0.102 e. The van der Waals surface area contributed by atoms with Gasteiger partial charge in [-0.05, 0) is 74.1 Å². The van der Waals surface area contributed by atoms with Crippen molar-refractivity contribution < 1.29 is 0 Å². The molecule has 0 N–H and O–H groups in total. The Morgan fingerprint density at radius 3 is 1.67 bits per heavy atom. The van der Waals surface area contributed by atoms with Gasteiger partial charge in [0.05, 0.1) is 0 Å². The first-order valence-corrected chi connectivity index (χ1v) is 6.80. The number of nitrogens with zero attached hydrogens (tertiary/aromatic N) is 4. The molecule has 0 fully saturated rings. The average molecular weight is 258 g/mol. The van der Waals surface area contributed by atoms with E-state index in [1.54, 1.807) is 0 Å². The van der Waals surface area contributed by atoms with Crippen LogP contribution < -0.4 is 0 Å². The minimum atomic E-state index is -0.108. The zero-order valence-electron chi connectivity index (χ0n) is 12.7. The molecule has 0 amide bonds. The van der Waals surface area contributed by atoms with Crippen LogP contribution in [0.15, 0.2) is 5.18 Å². The second kappa shape index (κ2) is 10.4. The molecule has 0 aromatic heterocycles. The summed E-state index contributed by atoms with van der Waals surface area (Å²) in [6.07, 6.45) is 2.28. The Morgan fingerprint density at radius 2 is 1.33 bits per heavy atom. The number of hydrogen-bond donors (Lipinski definition) is 0. The predicted octanol–water partition coefficient (Wildman–Crippen LogP) is 1.35. The average Bonchev–Trinajstić information content (AvgIpc) is 2.27. The van der Waals surface area contributed by atoms with Gasteiger partial charge >= 0.3 is 0 Å². The Labute approximate surface area is 112 Å². The summed E-state index contributed by atoms with van der Waals surface area (Å²) in [5.41, 5.74) is 0. The van der Waals surface area contributed by atoms with E-state index in [4.69, 9.17) is 0 Å². The number of nitroso groups, excluding NO2 is 1. The molecule has 18 heavy (non-hydrogen) atoms. The molecule has 0 saturated carbocycles. The second-order valence-corrected chi connectivity index (χ2v) is 5.57. The van der Waals surface area contributed by atoms with Crippen molar-refractivity contribution in [3.63, 3.8) is 0 Å². The summed E-state index contributed by atoms with van der Waals surface area (Å²) in [6, 6.07) is -0.108. The van der Waals surface area contributed by atoms with Gasteiger partial charge in [-0.15, -0.1) is 0 Å². The lowest BCUT2D eigenvalue weighted by atomic mass is 10.2. The van der Waals surface area contributed by atoms with Gasteiger partial charge in [-0.2, -0.15) is 4.91 Å². The first kappa shape index (κ1) is 17.5. The van der Waals surface area contributed by atoms with E-state index in [2.05, 4.69) is 48.1 Å². The lowest BCUT2D eigenvalue weighted by Crippen LogP contribution is -2.34. The molecule has 0 aliphatic rings. The molecule has 1 atom stereocenters. The third kappa shape index (κ3) is 10.6. The second-order valence-electron chi connectivity index (χ2n) is 5.57. The first-order valence-electron chi connectivity index (χ1n) is 6.80. The van der Waals surface area contributed by atoms with Gasteiger partial charge in [0.15, 0.2) is 0 Å². The van der Waals surface area contributed by atoms with Crippen LogP contribution in [0.4, 0.5) is 0 Å². The molecule has 0 aromatic rings. The summed E-state index contributed by atoms with van der Waals surface area (Å²) in [4.78, 5) is 17.3. The molecular weight excluding hydrogens is 228 g/mol. The quantitative estimate of drug-likeness (QED) is 0.524. The van der Waals surface area contributed by atoms with Gasteiger partial charge in [0.25, 0.3) is 0 Å². The van der Waals surface area contributed by atoms with E-state index in [1.807, 2.05) is 6.92 Å².